The minimum atomic E-state index is 0.229. The van der Waals surface area contributed by atoms with E-state index in [0.717, 1.165) is 10.4 Å². The number of rotatable bonds is 2. The molecule has 2 rings (SSSR count). The molecule has 1 heterocycles. The third kappa shape index (κ3) is 1.72. The molecular weight excluding hydrogens is 196 g/mol. The monoisotopic (exact) mass is 206 g/mol. The third-order valence-corrected chi connectivity index (χ3v) is 2.85. The SMILES string of the molecule is COc1cc(O)cc(-c2cccs2)c1. The Hall–Kier alpha value is -1.48. The van der Waals surface area contributed by atoms with Crippen molar-refractivity contribution in [1.29, 1.82) is 0 Å². The van der Waals surface area contributed by atoms with Crippen molar-refractivity contribution in [2.45, 2.75) is 0 Å². The van der Waals surface area contributed by atoms with Crippen LogP contribution in [0.5, 0.6) is 11.5 Å². The van der Waals surface area contributed by atoms with E-state index in [9.17, 15) is 5.11 Å². The predicted molar refractivity (Wildman–Crippen MR) is 58.0 cm³/mol. The second-order valence-corrected chi connectivity index (χ2v) is 3.84. The molecule has 0 fully saturated rings. The first-order valence-electron chi connectivity index (χ1n) is 4.21. The van der Waals surface area contributed by atoms with E-state index in [1.807, 2.05) is 23.6 Å². The Kier molecular flexibility index (Phi) is 2.41. The summed E-state index contributed by atoms with van der Waals surface area (Å²) in [6, 6.07) is 9.23. The molecule has 1 aromatic heterocycles. The predicted octanol–water partition coefficient (Wildman–Crippen LogP) is 3.13. The first kappa shape index (κ1) is 9.09. The number of ether oxygens (including phenoxy) is 1. The smallest absolute Gasteiger partial charge is 0.123 e. The fraction of sp³-hybridized carbons (Fsp3) is 0.0909. The first-order chi connectivity index (χ1) is 6.79. The molecule has 72 valence electrons. The maximum Gasteiger partial charge on any atom is 0.123 e. The number of methoxy groups -OCH3 is 1. The molecule has 0 aliphatic carbocycles. The van der Waals surface area contributed by atoms with Crippen LogP contribution >= 0.6 is 11.3 Å². The molecule has 2 nitrogen and oxygen atoms in total. The largest absolute Gasteiger partial charge is 0.508 e. The summed E-state index contributed by atoms with van der Waals surface area (Å²) in [5.74, 6) is 0.904. The summed E-state index contributed by atoms with van der Waals surface area (Å²) in [5, 5.41) is 11.5. The highest BCUT2D eigenvalue weighted by molar-refractivity contribution is 7.13. The molecule has 0 saturated carbocycles. The molecule has 0 atom stereocenters. The quantitative estimate of drug-likeness (QED) is 0.818. The maximum absolute atomic E-state index is 9.45. The summed E-state index contributed by atoms with van der Waals surface area (Å²) in [4.78, 5) is 1.12. The first-order valence-corrected chi connectivity index (χ1v) is 5.09. The van der Waals surface area contributed by atoms with Crippen molar-refractivity contribution < 1.29 is 9.84 Å². The van der Waals surface area contributed by atoms with Gasteiger partial charge < -0.3 is 9.84 Å². The molecule has 0 radical (unpaired) electrons. The highest BCUT2D eigenvalue weighted by Crippen LogP contribution is 2.31. The highest BCUT2D eigenvalue weighted by atomic mass is 32.1. The van der Waals surface area contributed by atoms with Crippen LogP contribution < -0.4 is 4.74 Å². The van der Waals surface area contributed by atoms with Crippen molar-refractivity contribution in [2.24, 2.45) is 0 Å². The number of thiophene rings is 1. The molecule has 0 spiro atoms. The highest BCUT2D eigenvalue weighted by Gasteiger charge is 2.03. The van der Waals surface area contributed by atoms with Crippen molar-refractivity contribution in [3.8, 4) is 21.9 Å². The molecule has 1 N–H and O–H groups in total. The summed E-state index contributed by atoms with van der Waals surface area (Å²) in [6.07, 6.45) is 0. The minimum absolute atomic E-state index is 0.229. The number of aromatic hydroxyl groups is 1. The van der Waals surface area contributed by atoms with Crippen LogP contribution in [0, 0.1) is 0 Å². The molecule has 3 heteroatoms. The van der Waals surface area contributed by atoms with Crippen molar-refractivity contribution >= 4 is 11.3 Å². The summed E-state index contributed by atoms with van der Waals surface area (Å²) < 4.78 is 5.08. The van der Waals surface area contributed by atoms with Gasteiger partial charge in [-0.3, -0.25) is 0 Å². The van der Waals surface area contributed by atoms with Gasteiger partial charge in [0, 0.05) is 10.9 Å². The lowest BCUT2D eigenvalue weighted by molar-refractivity contribution is 0.408. The van der Waals surface area contributed by atoms with Crippen LogP contribution in [0.3, 0.4) is 0 Å². The van der Waals surface area contributed by atoms with Crippen LogP contribution in [0.15, 0.2) is 35.7 Å². The zero-order valence-electron chi connectivity index (χ0n) is 7.73. The second-order valence-electron chi connectivity index (χ2n) is 2.90. The standard InChI is InChI=1S/C11H10O2S/c1-13-10-6-8(5-9(12)7-10)11-3-2-4-14-11/h2-7,12H,1H3. The summed E-state index contributed by atoms with van der Waals surface area (Å²) in [7, 11) is 1.59. The van der Waals surface area contributed by atoms with E-state index < -0.39 is 0 Å². The average Bonchev–Trinajstić information content (AvgIpc) is 2.69. The van der Waals surface area contributed by atoms with Gasteiger partial charge in [0.15, 0.2) is 0 Å². The van der Waals surface area contributed by atoms with Gasteiger partial charge in [0.1, 0.15) is 11.5 Å². The van der Waals surface area contributed by atoms with E-state index in [2.05, 4.69) is 0 Å². The normalized spacial score (nSPS) is 10.1. The van der Waals surface area contributed by atoms with E-state index in [1.54, 1.807) is 30.6 Å². The number of benzene rings is 1. The van der Waals surface area contributed by atoms with Crippen LogP contribution in [0.25, 0.3) is 10.4 Å². The van der Waals surface area contributed by atoms with E-state index in [4.69, 9.17) is 4.74 Å². The Morgan fingerprint density at radius 1 is 1.29 bits per heavy atom. The number of hydrogen-bond acceptors (Lipinski definition) is 3. The van der Waals surface area contributed by atoms with Gasteiger partial charge in [-0.1, -0.05) is 6.07 Å². The lowest BCUT2D eigenvalue weighted by atomic mass is 10.1. The third-order valence-electron chi connectivity index (χ3n) is 1.93. The molecule has 0 saturated heterocycles. The van der Waals surface area contributed by atoms with E-state index >= 15 is 0 Å². The second kappa shape index (κ2) is 3.72. The zero-order chi connectivity index (χ0) is 9.97. The molecule has 0 aliphatic rings. The molecule has 0 unspecified atom stereocenters. The van der Waals surface area contributed by atoms with Crippen LogP contribution in [-0.4, -0.2) is 12.2 Å². The Morgan fingerprint density at radius 2 is 2.14 bits per heavy atom. The van der Waals surface area contributed by atoms with Crippen LogP contribution in [-0.2, 0) is 0 Å². The van der Waals surface area contributed by atoms with Crippen LogP contribution in [0.4, 0.5) is 0 Å². The topological polar surface area (TPSA) is 29.5 Å². The van der Waals surface area contributed by atoms with E-state index in [1.165, 1.54) is 0 Å². The lowest BCUT2D eigenvalue weighted by Gasteiger charge is -2.03. The Bertz CT molecular complexity index is 421. The number of phenols is 1. The number of hydrogen-bond donors (Lipinski definition) is 1. The van der Waals surface area contributed by atoms with Gasteiger partial charge in [0.2, 0.25) is 0 Å². The summed E-state index contributed by atoms with van der Waals surface area (Å²) >= 11 is 1.64. The maximum atomic E-state index is 9.45. The van der Waals surface area contributed by atoms with E-state index in [0.29, 0.717) is 5.75 Å². The van der Waals surface area contributed by atoms with E-state index in [-0.39, 0.29) is 5.75 Å². The van der Waals surface area contributed by atoms with Crippen LogP contribution in [0.1, 0.15) is 0 Å². The minimum Gasteiger partial charge on any atom is -0.508 e. The number of phenolic OH excluding ortho intramolecular Hbond substituents is 1. The van der Waals surface area contributed by atoms with Crippen LogP contribution in [0.2, 0.25) is 0 Å². The molecule has 0 amide bonds. The molecule has 1 aromatic carbocycles. The van der Waals surface area contributed by atoms with Gasteiger partial charge >= 0.3 is 0 Å². The van der Waals surface area contributed by atoms with Gasteiger partial charge in [-0.05, 0) is 29.1 Å². The van der Waals surface area contributed by atoms with Crippen molar-refractivity contribution in [3.05, 3.63) is 35.7 Å². The Balaban J connectivity index is 2.48. The molecule has 2 aromatic rings. The molecular formula is C11H10O2S. The average molecular weight is 206 g/mol. The van der Waals surface area contributed by atoms with Crippen molar-refractivity contribution in [1.82, 2.24) is 0 Å². The lowest BCUT2D eigenvalue weighted by Crippen LogP contribution is -1.82. The fourth-order valence-electron chi connectivity index (χ4n) is 1.29. The van der Waals surface area contributed by atoms with Gasteiger partial charge in [0.25, 0.3) is 0 Å². The molecule has 14 heavy (non-hydrogen) atoms. The summed E-state index contributed by atoms with van der Waals surface area (Å²) in [5.41, 5.74) is 0.983. The van der Waals surface area contributed by atoms with Gasteiger partial charge in [-0.2, -0.15) is 0 Å². The van der Waals surface area contributed by atoms with Crippen molar-refractivity contribution in [2.75, 3.05) is 7.11 Å². The molecule has 0 bridgehead atoms. The summed E-state index contributed by atoms with van der Waals surface area (Å²) in [6.45, 7) is 0. The zero-order valence-corrected chi connectivity index (χ0v) is 8.54. The molecule has 0 aliphatic heterocycles. The Morgan fingerprint density at radius 3 is 2.79 bits per heavy atom. The van der Waals surface area contributed by atoms with Gasteiger partial charge in [-0.15, -0.1) is 11.3 Å². The Labute approximate surface area is 86.4 Å². The fourth-order valence-corrected chi connectivity index (χ4v) is 2.00. The van der Waals surface area contributed by atoms with Crippen molar-refractivity contribution in [3.63, 3.8) is 0 Å². The van der Waals surface area contributed by atoms with Gasteiger partial charge in [0.05, 0.1) is 7.11 Å². The van der Waals surface area contributed by atoms with Gasteiger partial charge in [-0.25, -0.2) is 0 Å².